The summed E-state index contributed by atoms with van der Waals surface area (Å²) in [5.74, 6) is -4.48. The molecule has 0 radical (unpaired) electrons. The van der Waals surface area contributed by atoms with Crippen LogP contribution in [0.15, 0.2) is 199 Å². The molecular weight excluding hydrogens is 1750 g/mol. The van der Waals surface area contributed by atoms with E-state index in [1.54, 1.807) is 67.8 Å². The highest BCUT2D eigenvalue weighted by Crippen LogP contribution is 2.69. The smallest absolute Gasteiger partial charge is 0.262 e. The van der Waals surface area contributed by atoms with Crippen molar-refractivity contribution in [2.45, 2.75) is 230 Å². The zero-order chi connectivity index (χ0) is 97.3. The van der Waals surface area contributed by atoms with Crippen molar-refractivity contribution in [3.8, 4) is 0 Å². The van der Waals surface area contributed by atoms with Gasteiger partial charge in [-0.05, 0) is 340 Å². The average molecular weight is 1870 g/mol. The summed E-state index contributed by atoms with van der Waals surface area (Å²) in [5, 5.41) is 15.9. The first-order valence-corrected chi connectivity index (χ1v) is 48.1. The monoisotopic (exact) mass is 1870 g/mol. The second-order valence-corrected chi connectivity index (χ2v) is 40.1. The lowest BCUT2D eigenvalue weighted by molar-refractivity contribution is -0.119. The molecule has 3 aromatic carbocycles. The van der Waals surface area contributed by atoms with Crippen LogP contribution in [0.4, 0.5) is 56.9 Å². The van der Waals surface area contributed by atoms with Gasteiger partial charge in [-0.3, -0.25) is 53.7 Å². The van der Waals surface area contributed by atoms with Gasteiger partial charge in [0, 0.05) is 29.8 Å². The highest BCUT2D eigenvalue weighted by Gasteiger charge is 2.55. The molecule has 28 heteroatoms. The molecular formula is C110H116F5N17O6. The number of halogens is 5. The summed E-state index contributed by atoms with van der Waals surface area (Å²) in [5.41, 5.74) is 25.3. The third kappa shape index (κ3) is 20.8. The van der Waals surface area contributed by atoms with Crippen molar-refractivity contribution in [3.05, 3.63) is 290 Å². The third-order valence-corrected chi connectivity index (χ3v) is 29.8. The lowest BCUT2D eigenvalue weighted by Crippen LogP contribution is -2.18. The first-order valence-electron chi connectivity index (χ1n) is 48.1. The zero-order valence-corrected chi connectivity index (χ0v) is 80.0. The number of amides is 6. The Hall–Kier alpha value is -13.7. The van der Waals surface area contributed by atoms with E-state index < -0.39 is 57.9 Å². The van der Waals surface area contributed by atoms with Crippen molar-refractivity contribution in [1.82, 2.24) is 54.8 Å². The minimum absolute atomic E-state index is 0.00495. The Kier molecular flexibility index (Phi) is 27.5. The molecule has 22 rings (SSSR count). The summed E-state index contributed by atoms with van der Waals surface area (Å²) in [6.07, 6.45) is 47.8. The van der Waals surface area contributed by atoms with E-state index in [4.69, 9.17) is 0 Å². The normalized spacial score (nSPS) is 18.5. The summed E-state index contributed by atoms with van der Waals surface area (Å²) < 4.78 is 68.2. The maximum atomic E-state index is 13.7. The SMILES string of the molecule is CC1=C(c2ccc(NC(=O)C(C)C)nc2)C2(CC1)CC2.CC1=C(c2ccc(NC(=O)c3c(F)cncc3F)nc2)C2(CC1)CC2.CC1=C(c2cnc(NC(=O)C(C)C)cn2)C2(CC1)CC2.CC1=C(c2cnc(NC(=O)c3c(F)cccc3F)cn2)C2(CC1)CC2.CC1=C(c2cnc(NC(=O)c3ccccc3C)cn2)C2(CC1)CC2.CC1=C(c2cnc(NC(=O)c3ccccc3F)cn2)C2(CC1)CC2. The number of hydrogen-bond donors (Lipinski definition) is 6. The molecule has 7 aromatic heterocycles. The topological polar surface area (TPSA) is 316 Å². The van der Waals surface area contributed by atoms with Gasteiger partial charge < -0.3 is 31.9 Å². The van der Waals surface area contributed by atoms with Crippen LogP contribution < -0.4 is 31.9 Å². The fraction of sp³-hybridized carbons (Fsp3) is 0.391. The highest BCUT2D eigenvalue weighted by atomic mass is 19.1. The first kappa shape index (κ1) is 96.0. The molecule has 0 atom stereocenters. The van der Waals surface area contributed by atoms with E-state index >= 15 is 0 Å². The quantitative estimate of drug-likeness (QED) is 0.0435. The maximum absolute atomic E-state index is 13.7. The first-order chi connectivity index (χ1) is 66.2. The molecule has 0 saturated heterocycles. The minimum Gasteiger partial charge on any atom is -0.310 e. The van der Waals surface area contributed by atoms with Gasteiger partial charge in [0.1, 0.15) is 40.2 Å². The lowest BCUT2D eigenvalue weighted by atomic mass is 9.92. The molecule has 6 saturated carbocycles. The van der Waals surface area contributed by atoms with Crippen molar-refractivity contribution < 1.29 is 50.7 Å². The number of anilines is 6. The van der Waals surface area contributed by atoms with Crippen molar-refractivity contribution in [3.63, 3.8) is 0 Å². The number of nitrogens with zero attached hydrogens (tertiary/aromatic N) is 11. The van der Waals surface area contributed by atoms with Crippen molar-refractivity contribution in [1.29, 1.82) is 0 Å². The number of carbonyl (C=O) groups excluding carboxylic acids is 6. The summed E-state index contributed by atoms with van der Waals surface area (Å²) in [4.78, 5) is 119. The Balaban J connectivity index is 0.000000115. The van der Waals surface area contributed by atoms with Gasteiger partial charge in [0.05, 0.1) is 90.3 Å². The molecule has 6 spiro atoms. The fourth-order valence-electron chi connectivity index (χ4n) is 21.1. The van der Waals surface area contributed by atoms with Crippen LogP contribution in [0.1, 0.15) is 304 Å². The van der Waals surface area contributed by atoms with Crippen LogP contribution >= 0.6 is 0 Å². The molecule has 138 heavy (non-hydrogen) atoms. The van der Waals surface area contributed by atoms with Gasteiger partial charge in [-0.15, -0.1) is 0 Å². The summed E-state index contributed by atoms with van der Waals surface area (Å²) in [7, 11) is 0. The number of allylic oxidation sites excluding steroid dienone is 12. The van der Waals surface area contributed by atoms with E-state index in [1.165, 1.54) is 232 Å². The number of nitrogens with one attached hydrogen (secondary N) is 6. The van der Waals surface area contributed by atoms with Gasteiger partial charge in [-0.25, -0.2) is 51.9 Å². The van der Waals surface area contributed by atoms with Crippen LogP contribution in [-0.2, 0) is 9.59 Å². The van der Waals surface area contributed by atoms with Crippen LogP contribution in [0, 0.1) is 80.3 Å². The van der Waals surface area contributed by atoms with E-state index in [1.807, 2.05) is 77.2 Å². The molecule has 0 aliphatic heterocycles. The van der Waals surface area contributed by atoms with Gasteiger partial charge in [0.2, 0.25) is 11.8 Å². The number of carbonyl (C=O) groups is 6. The third-order valence-electron chi connectivity index (χ3n) is 29.8. The second kappa shape index (κ2) is 39.4. The largest absolute Gasteiger partial charge is 0.310 e. The fourth-order valence-corrected chi connectivity index (χ4v) is 21.1. The average Bonchev–Trinajstić information content (AvgIpc) is 1.61. The lowest BCUT2D eigenvalue weighted by Gasteiger charge is -2.14. The Morgan fingerprint density at radius 2 is 0.536 bits per heavy atom. The predicted octanol–water partition coefficient (Wildman–Crippen LogP) is 24.8. The van der Waals surface area contributed by atoms with Crippen LogP contribution in [0.25, 0.3) is 33.4 Å². The number of rotatable bonds is 18. The number of pyridine rings is 3. The molecule has 12 aliphatic carbocycles. The van der Waals surface area contributed by atoms with Crippen LogP contribution in [-0.4, -0.2) is 90.3 Å². The van der Waals surface area contributed by atoms with E-state index in [0.717, 1.165) is 77.7 Å². The number of hydrogen-bond acceptors (Lipinski definition) is 17. The number of benzene rings is 3. The molecule has 12 aliphatic rings. The van der Waals surface area contributed by atoms with Crippen LogP contribution in [0.3, 0.4) is 0 Å². The Morgan fingerprint density at radius 1 is 0.261 bits per heavy atom. The Labute approximate surface area is 801 Å². The summed E-state index contributed by atoms with van der Waals surface area (Å²) >= 11 is 0. The number of aromatic nitrogens is 11. The van der Waals surface area contributed by atoms with Gasteiger partial charge in [0.25, 0.3) is 23.6 Å². The van der Waals surface area contributed by atoms with Crippen molar-refractivity contribution in [2.75, 3.05) is 31.9 Å². The molecule has 23 nitrogen and oxygen atoms in total. The molecule has 10 aromatic rings. The zero-order valence-electron chi connectivity index (χ0n) is 80.0. The summed E-state index contributed by atoms with van der Waals surface area (Å²) in [6, 6.07) is 24.3. The van der Waals surface area contributed by atoms with Crippen molar-refractivity contribution in [2.24, 2.45) is 44.3 Å². The molecule has 6 fully saturated rings. The molecule has 7 heterocycles. The van der Waals surface area contributed by atoms with Gasteiger partial charge in [-0.1, -0.05) is 97.5 Å². The second-order valence-electron chi connectivity index (χ2n) is 40.1. The number of aryl methyl sites for hydroxylation is 1. The molecule has 6 N–H and O–H groups in total. The molecule has 712 valence electrons. The van der Waals surface area contributed by atoms with Gasteiger partial charge >= 0.3 is 0 Å². The summed E-state index contributed by atoms with van der Waals surface area (Å²) in [6.45, 7) is 22.5. The standard InChI is InChI=1S/C20H21N3O.2C19H17F2N3O.C19H18FN3O.C17H22N2O.C16H21N3O/c1-13-5-3-4-6-15(13)19(24)23-17-12-21-16(11-22-17)18-14(2)7-8-20(18)9-10-20;1-11-4-5-19(6-7-19)17(11)12-2-3-15(23-8-12)24-18(25)16-13(20)9-22-10-14(16)21;1-11-5-6-19(7-8-19)17(11)14-9-23-15(10-22-14)24-18(25)16-12(20)3-2-4-13(16)21;1-12-6-7-19(8-9-19)17(12)15-10-22-16(11-21-15)23-18(24)13-4-2-3-5-14(13)20;1-11(2)16(20)19-14-5-4-13(10-18-14)15-12(3)6-7-17(15)8-9-17;1-10(2)15(20)19-13-9-17-12(8-18-13)14-11(3)4-5-16(14)6-7-16/h3-6,11-12H,7-10H2,1-2H3,(H,22,23,24);2-3,8-10H,4-7H2,1H3,(H,23,24,25);2-4,9-10H,5-8H2,1H3,(H,23,24,25);2-5,10-11H,6-9H2,1H3,(H,22,23,24);4-5,10-11H,6-9H2,1-3H3,(H,18,19,20);8-10H,4-7H2,1-3H3,(H,18,19,20). The van der Waals surface area contributed by atoms with E-state index in [9.17, 15) is 50.7 Å². The minimum atomic E-state index is -1.00. The highest BCUT2D eigenvalue weighted by molar-refractivity contribution is 6.07. The molecule has 6 amide bonds. The van der Waals surface area contributed by atoms with Crippen molar-refractivity contribution >= 4 is 104 Å². The van der Waals surface area contributed by atoms with Crippen LogP contribution in [0.2, 0.25) is 0 Å². The Morgan fingerprint density at radius 3 is 0.855 bits per heavy atom. The van der Waals surface area contributed by atoms with E-state index in [-0.39, 0.29) is 52.2 Å². The van der Waals surface area contributed by atoms with Crippen LogP contribution in [0.5, 0.6) is 0 Å². The predicted molar refractivity (Wildman–Crippen MR) is 524 cm³/mol. The molecule has 0 unspecified atom stereocenters. The molecule has 0 bridgehead atoms. The van der Waals surface area contributed by atoms with E-state index in [0.29, 0.717) is 55.9 Å². The van der Waals surface area contributed by atoms with Gasteiger partial charge in [0.15, 0.2) is 34.9 Å². The van der Waals surface area contributed by atoms with E-state index in [2.05, 4.69) is 134 Å². The Bertz CT molecular complexity index is 6180. The maximum Gasteiger partial charge on any atom is 0.262 e. The van der Waals surface area contributed by atoms with Gasteiger partial charge in [-0.2, -0.15) is 0 Å².